The average molecular weight is 441 g/mol. The maximum atomic E-state index is 13.6. The van der Waals surface area contributed by atoms with Crippen LogP contribution in [-0.2, 0) is 6.54 Å². The van der Waals surface area contributed by atoms with Gasteiger partial charge < -0.3 is 0 Å². The summed E-state index contributed by atoms with van der Waals surface area (Å²) in [6, 6.07) is 0. The molecule has 0 saturated carbocycles. The van der Waals surface area contributed by atoms with E-state index in [-0.39, 0.29) is 0 Å². The highest BCUT2D eigenvalue weighted by Gasteiger charge is 2.90. The molecule has 0 unspecified atom stereocenters. The molecule has 0 aliphatic carbocycles. The number of nitrogens with zero attached hydrogens (tertiary/aromatic N) is 2. The van der Waals surface area contributed by atoms with E-state index < -0.39 is 48.8 Å². The Labute approximate surface area is 147 Å². The first-order chi connectivity index (χ1) is 12.3. The molecule has 0 radical (unpaired) electrons. The Morgan fingerprint density at radius 1 is 0.750 bits per heavy atom. The molecule has 15 heteroatoms. The number of alkyl halides is 13. The van der Waals surface area contributed by atoms with Crippen LogP contribution in [0.25, 0.3) is 6.20 Å². The monoisotopic (exact) mass is 441 g/mol. The molecule has 0 spiro atoms. The van der Waals surface area contributed by atoms with Crippen LogP contribution in [0.3, 0.4) is 0 Å². The van der Waals surface area contributed by atoms with Crippen LogP contribution in [0.1, 0.15) is 6.42 Å². The molecular weight excluding hydrogens is 431 g/mol. The maximum Gasteiger partial charge on any atom is 0.460 e. The Hall–Kier alpha value is -1.96. The maximum absolute atomic E-state index is 13.6. The molecule has 0 fully saturated rings. The summed E-state index contributed by atoms with van der Waals surface area (Å²) in [4.78, 5) is 0. The SMILES string of the molecule is C=Cn1cc[n+](CCC(F)(F)C(F)(F)C(F)(F)C(F)(F)C(F)(F)C(F)(F)F)c1. The van der Waals surface area contributed by atoms with E-state index in [1.165, 1.54) is 0 Å². The van der Waals surface area contributed by atoms with Crippen molar-refractivity contribution in [1.82, 2.24) is 4.57 Å². The molecule has 1 heterocycles. The van der Waals surface area contributed by atoms with Crippen LogP contribution in [0, 0.1) is 0 Å². The van der Waals surface area contributed by atoms with Gasteiger partial charge in [0.2, 0.25) is 6.33 Å². The predicted octanol–water partition coefficient (Wildman–Crippen LogP) is 5.01. The van der Waals surface area contributed by atoms with Crippen LogP contribution in [0.2, 0.25) is 0 Å². The first-order valence-electron chi connectivity index (χ1n) is 6.91. The number of rotatable bonds is 8. The molecule has 0 N–H and O–H groups in total. The van der Waals surface area contributed by atoms with E-state index in [0.29, 0.717) is 4.57 Å². The fourth-order valence-electron chi connectivity index (χ4n) is 1.88. The summed E-state index contributed by atoms with van der Waals surface area (Å²) >= 11 is 0. The number of imidazole rings is 1. The summed E-state index contributed by atoms with van der Waals surface area (Å²) in [7, 11) is 0. The molecule has 0 aliphatic rings. The van der Waals surface area contributed by atoms with E-state index in [0.717, 1.165) is 29.5 Å². The van der Waals surface area contributed by atoms with Crippen molar-refractivity contribution in [3.8, 4) is 0 Å². The van der Waals surface area contributed by atoms with Crippen molar-refractivity contribution >= 4 is 6.20 Å². The molecule has 2 nitrogen and oxygen atoms in total. The molecule has 1 aromatic rings. The van der Waals surface area contributed by atoms with E-state index >= 15 is 0 Å². The first kappa shape index (κ1) is 24.1. The summed E-state index contributed by atoms with van der Waals surface area (Å²) in [6.45, 7) is 2.04. The highest BCUT2D eigenvalue weighted by molar-refractivity contribution is 5.13. The standard InChI is InChI=1S/C13H10F13N2/c1-2-27-5-6-28(7-27)4-3-8(14,15)9(16,17)10(18,19)11(20,21)12(22,23)13(24,25)26/h2,5-7H,1,3-4H2/q+1. The van der Waals surface area contributed by atoms with Crippen LogP contribution in [0.5, 0.6) is 0 Å². The van der Waals surface area contributed by atoms with Crippen molar-refractivity contribution in [2.75, 3.05) is 0 Å². The second-order valence-corrected chi connectivity index (χ2v) is 5.53. The molecule has 0 atom stereocenters. The van der Waals surface area contributed by atoms with Gasteiger partial charge >= 0.3 is 35.8 Å². The van der Waals surface area contributed by atoms with Crippen molar-refractivity contribution in [3.05, 3.63) is 25.3 Å². The fraction of sp³-hybridized carbons (Fsp3) is 0.615. The van der Waals surface area contributed by atoms with Gasteiger partial charge in [-0.25, -0.2) is 9.13 Å². The van der Waals surface area contributed by atoms with Crippen LogP contribution < -0.4 is 4.57 Å². The highest BCUT2D eigenvalue weighted by atomic mass is 19.4. The lowest BCUT2D eigenvalue weighted by Crippen LogP contribution is -2.70. The lowest BCUT2D eigenvalue weighted by atomic mass is 9.92. The summed E-state index contributed by atoms with van der Waals surface area (Å²) in [5.74, 6) is -36.7. The van der Waals surface area contributed by atoms with Crippen LogP contribution in [0.4, 0.5) is 57.1 Å². The number of aromatic nitrogens is 2. The molecule has 0 bridgehead atoms. The van der Waals surface area contributed by atoms with E-state index in [4.69, 9.17) is 0 Å². The zero-order valence-electron chi connectivity index (χ0n) is 13.2. The van der Waals surface area contributed by atoms with Crippen molar-refractivity contribution in [1.29, 1.82) is 0 Å². The minimum Gasteiger partial charge on any atom is -0.236 e. The van der Waals surface area contributed by atoms with E-state index in [1.54, 1.807) is 0 Å². The van der Waals surface area contributed by atoms with Gasteiger partial charge in [-0.05, 0) is 0 Å². The van der Waals surface area contributed by atoms with Crippen molar-refractivity contribution in [2.45, 2.75) is 48.8 Å². The van der Waals surface area contributed by atoms with Crippen molar-refractivity contribution in [3.63, 3.8) is 0 Å². The quantitative estimate of drug-likeness (QED) is 0.397. The van der Waals surface area contributed by atoms with Crippen molar-refractivity contribution in [2.24, 2.45) is 0 Å². The minimum absolute atomic E-state index is 0.701. The van der Waals surface area contributed by atoms with Gasteiger partial charge in [-0.15, -0.1) is 0 Å². The van der Waals surface area contributed by atoms with Crippen LogP contribution in [-0.4, -0.2) is 40.4 Å². The third-order valence-corrected chi connectivity index (χ3v) is 3.61. The summed E-state index contributed by atoms with van der Waals surface area (Å²) in [6.07, 6.45) is -5.57. The van der Waals surface area contributed by atoms with Gasteiger partial charge in [0, 0.05) is 0 Å². The molecule has 1 aromatic heterocycles. The van der Waals surface area contributed by atoms with Gasteiger partial charge in [-0.1, -0.05) is 6.58 Å². The third kappa shape index (κ3) is 3.54. The summed E-state index contributed by atoms with van der Waals surface area (Å²) < 4.78 is 170. The third-order valence-electron chi connectivity index (χ3n) is 3.61. The number of halogens is 13. The molecule has 1 rings (SSSR count). The van der Waals surface area contributed by atoms with Gasteiger partial charge in [-0.2, -0.15) is 57.1 Å². The topological polar surface area (TPSA) is 8.81 Å². The summed E-state index contributed by atoms with van der Waals surface area (Å²) in [5.41, 5.74) is 0. The highest BCUT2D eigenvalue weighted by Crippen LogP contribution is 2.60. The zero-order valence-corrected chi connectivity index (χ0v) is 13.2. The summed E-state index contributed by atoms with van der Waals surface area (Å²) in [5, 5.41) is 0. The number of hydrogen-bond donors (Lipinski definition) is 0. The van der Waals surface area contributed by atoms with Gasteiger partial charge in [0.15, 0.2) is 0 Å². The second-order valence-electron chi connectivity index (χ2n) is 5.53. The van der Waals surface area contributed by atoms with Crippen LogP contribution in [0.15, 0.2) is 25.3 Å². The largest absolute Gasteiger partial charge is 0.460 e. The van der Waals surface area contributed by atoms with Gasteiger partial charge in [-0.3, -0.25) is 0 Å². The molecule has 0 aromatic carbocycles. The number of hydrogen-bond acceptors (Lipinski definition) is 0. The Morgan fingerprint density at radius 2 is 1.21 bits per heavy atom. The molecule has 0 aliphatic heterocycles. The molecular formula is C13H10F13N2+. The van der Waals surface area contributed by atoms with E-state index in [9.17, 15) is 57.1 Å². The van der Waals surface area contributed by atoms with Gasteiger partial charge in [0.25, 0.3) is 0 Å². The Morgan fingerprint density at radius 3 is 1.61 bits per heavy atom. The van der Waals surface area contributed by atoms with Crippen LogP contribution >= 0.6 is 0 Å². The van der Waals surface area contributed by atoms with Crippen molar-refractivity contribution < 1.29 is 61.6 Å². The fourth-order valence-corrected chi connectivity index (χ4v) is 1.88. The first-order valence-corrected chi connectivity index (χ1v) is 6.91. The zero-order chi connectivity index (χ0) is 22.4. The van der Waals surface area contributed by atoms with E-state index in [2.05, 4.69) is 6.58 Å². The van der Waals surface area contributed by atoms with Gasteiger partial charge in [0.05, 0.1) is 19.2 Å². The minimum atomic E-state index is -7.87. The normalized spacial score (nSPS) is 15.0. The van der Waals surface area contributed by atoms with Gasteiger partial charge in [0.1, 0.15) is 12.4 Å². The second kappa shape index (κ2) is 6.83. The smallest absolute Gasteiger partial charge is 0.236 e. The molecule has 162 valence electrons. The lowest BCUT2D eigenvalue weighted by Gasteiger charge is -2.39. The Bertz CT molecular complexity index is 702. The average Bonchev–Trinajstić information content (AvgIpc) is 2.99. The van der Waals surface area contributed by atoms with E-state index in [1.807, 2.05) is 0 Å². The number of aryl methyl sites for hydroxylation is 1. The predicted molar refractivity (Wildman–Crippen MR) is 66.4 cm³/mol. The Balaban J connectivity index is 3.22. The Kier molecular flexibility index (Phi) is 5.87. The lowest BCUT2D eigenvalue weighted by molar-refractivity contribution is -0.699. The molecule has 0 saturated heterocycles. The molecule has 0 amide bonds. The molecule has 28 heavy (non-hydrogen) atoms.